The van der Waals surface area contributed by atoms with Crippen molar-refractivity contribution in [2.24, 2.45) is 29.4 Å². The first kappa shape index (κ1) is 13.5. The molecule has 1 aromatic rings. The van der Waals surface area contributed by atoms with E-state index >= 15 is 0 Å². The van der Waals surface area contributed by atoms with Crippen LogP contribution in [0.1, 0.15) is 16.8 Å². The summed E-state index contributed by atoms with van der Waals surface area (Å²) in [7, 11) is 0. The molecule has 0 unspecified atom stereocenters. The monoisotopic (exact) mass is 316 g/mol. The minimum atomic E-state index is -0.644. The van der Waals surface area contributed by atoms with Crippen molar-refractivity contribution in [3.8, 4) is 0 Å². The van der Waals surface area contributed by atoms with Crippen molar-refractivity contribution in [1.82, 2.24) is 0 Å². The Bertz CT molecular complexity index is 728. The van der Waals surface area contributed by atoms with Crippen molar-refractivity contribution >= 4 is 35.0 Å². The number of anilines is 1. The standard InChI is InChI=1S/C16H13ClN2O3/c17-11-6-9(3-4-10(11)14(18)20)19-15(21)12-7-1-2-8(5-7)13(12)16(19)22/h1-4,6-8,12-13H,5H2,(H2,18,20)/t7-,8-,12-,13+/m1/s1. The van der Waals surface area contributed by atoms with Crippen LogP contribution >= 0.6 is 11.6 Å². The molecule has 2 bridgehead atoms. The van der Waals surface area contributed by atoms with Gasteiger partial charge in [0.1, 0.15) is 0 Å². The normalized spacial score (nSPS) is 32.0. The fourth-order valence-corrected chi connectivity index (χ4v) is 4.27. The molecule has 1 aliphatic heterocycles. The zero-order chi connectivity index (χ0) is 15.6. The van der Waals surface area contributed by atoms with E-state index in [0.717, 1.165) is 6.42 Å². The lowest BCUT2D eigenvalue weighted by Crippen LogP contribution is -2.32. The van der Waals surface area contributed by atoms with Crippen molar-refractivity contribution in [2.75, 3.05) is 4.90 Å². The van der Waals surface area contributed by atoms with Crippen LogP contribution < -0.4 is 10.6 Å². The molecule has 4 rings (SSSR count). The summed E-state index contributed by atoms with van der Waals surface area (Å²) < 4.78 is 0. The number of rotatable bonds is 2. The SMILES string of the molecule is NC(=O)c1ccc(N2C(=O)[C@@H]3[C@H](C2=O)[C@@H]2C=C[C@@H]3C2)cc1Cl. The van der Waals surface area contributed by atoms with E-state index in [-0.39, 0.29) is 46.1 Å². The lowest BCUT2D eigenvalue weighted by Gasteiger charge is -2.18. The Balaban J connectivity index is 1.73. The minimum absolute atomic E-state index is 0.142. The first-order chi connectivity index (χ1) is 10.5. The summed E-state index contributed by atoms with van der Waals surface area (Å²) in [5.41, 5.74) is 5.79. The average Bonchev–Trinajstić information content (AvgIpc) is 3.12. The molecule has 1 saturated carbocycles. The molecule has 4 atom stereocenters. The van der Waals surface area contributed by atoms with Crippen molar-refractivity contribution < 1.29 is 14.4 Å². The maximum absolute atomic E-state index is 12.7. The molecule has 2 N–H and O–H groups in total. The van der Waals surface area contributed by atoms with Gasteiger partial charge in [0.25, 0.3) is 0 Å². The molecular weight excluding hydrogens is 304 g/mol. The van der Waals surface area contributed by atoms with Gasteiger partial charge in [0.05, 0.1) is 28.1 Å². The molecule has 0 spiro atoms. The Labute approximate surface area is 131 Å². The maximum Gasteiger partial charge on any atom is 0.250 e. The Morgan fingerprint density at radius 2 is 1.73 bits per heavy atom. The number of halogens is 1. The number of hydrogen-bond donors (Lipinski definition) is 1. The molecule has 1 aromatic carbocycles. The van der Waals surface area contributed by atoms with Crippen molar-refractivity contribution in [3.63, 3.8) is 0 Å². The third kappa shape index (κ3) is 1.63. The van der Waals surface area contributed by atoms with Gasteiger partial charge in [0, 0.05) is 0 Å². The van der Waals surface area contributed by atoms with Gasteiger partial charge >= 0.3 is 0 Å². The molecule has 3 aliphatic rings. The Morgan fingerprint density at radius 3 is 2.23 bits per heavy atom. The Kier molecular flexibility index (Phi) is 2.72. The number of nitrogens with two attached hydrogens (primary N) is 1. The van der Waals surface area contributed by atoms with E-state index in [0.29, 0.717) is 5.69 Å². The van der Waals surface area contributed by atoms with Gasteiger partial charge < -0.3 is 5.73 Å². The number of carbonyl (C=O) groups excluding carboxylic acids is 3. The molecule has 112 valence electrons. The summed E-state index contributed by atoms with van der Waals surface area (Å²) >= 11 is 6.03. The van der Waals surface area contributed by atoms with Crippen LogP contribution in [-0.4, -0.2) is 17.7 Å². The molecule has 1 saturated heterocycles. The van der Waals surface area contributed by atoms with Crippen LogP contribution in [0.3, 0.4) is 0 Å². The number of imide groups is 1. The van der Waals surface area contributed by atoms with E-state index in [9.17, 15) is 14.4 Å². The predicted octanol–water partition coefficient (Wildman–Crippen LogP) is 1.75. The van der Waals surface area contributed by atoms with Crippen molar-refractivity contribution in [3.05, 3.63) is 40.9 Å². The van der Waals surface area contributed by atoms with Gasteiger partial charge in [-0.3, -0.25) is 14.4 Å². The minimum Gasteiger partial charge on any atom is -0.366 e. The number of fused-ring (bicyclic) bond motifs is 5. The van der Waals surface area contributed by atoms with Crippen molar-refractivity contribution in [2.45, 2.75) is 6.42 Å². The van der Waals surface area contributed by atoms with Crippen LogP contribution in [0.15, 0.2) is 30.4 Å². The number of hydrogen-bond acceptors (Lipinski definition) is 3. The lowest BCUT2D eigenvalue weighted by molar-refractivity contribution is -0.123. The molecule has 5 nitrogen and oxygen atoms in total. The number of benzene rings is 1. The van der Waals surface area contributed by atoms with Gasteiger partial charge in [-0.05, 0) is 36.5 Å². The number of primary amides is 1. The summed E-state index contributed by atoms with van der Waals surface area (Å²) in [6.07, 6.45) is 4.98. The average molecular weight is 317 g/mol. The van der Waals surface area contributed by atoms with Crippen LogP contribution in [0.2, 0.25) is 5.02 Å². The molecule has 3 amide bonds. The van der Waals surface area contributed by atoms with E-state index in [1.54, 1.807) is 0 Å². The molecule has 1 heterocycles. The summed E-state index contributed by atoms with van der Waals surface area (Å²) in [5.74, 6) is -1.16. The fourth-order valence-electron chi connectivity index (χ4n) is 4.00. The molecule has 0 aromatic heterocycles. The van der Waals surface area contributed by atoms with Gasteiger partial charge in [-0.15, -0.1) is 0 Å². The second-order valence-corrected chi connectivity index (χ2v) is 6.45. The van der Waals surface area contributed by atoms with Crippen LogP contribution in [0.5, 0.6) is 0 Å². The highest BCUT2D eigenvalue weighted by atomic mass is 35.5. The first-order valence-corrected chi connectivity index (χ1v) is 7.52. The summed E-state index contributed by atoms with van der Waals surface area (Å²) in [5, 5.41) is 0.142. The van der Waals surface area contributed by atoms with E-state index in [1.807, 2.05) is 12.2 Å². The highest BCUT2D eigenvalue weighted by Crippen LogP contribution is 2.53. The van der Waals surface area contributed by atoms with Crippen LogP contribution in [0, 0.1) is 23.7 Å². The summed E-state index contributed by atoms with van der Waals surface area (Å²) in [4.78, 5) is 37.7. The number of allylic oxidation sites excluding steroid dienone is 2. The number of carbonyl (C=O) groups is 3. The summed E-state index contributed by atoms with van der Waals surface area (Å²) in [6.45, 7) is 0. The second-order valence-electron chi connectivity index (χ2n) is 6.04. The lowest BCUT2D eigenvalue weighted by atomic mass is 9.85. The zero-order valence-electron chi connectivity index (χ0n) is 11.5. The van der Waals surface area contributed by atoms with Gasteiger partial charge in [0.15, 0.2) is 0 Å². The highest BCUT2D eigenvalue weighted by molar-refractivity contribution is 6.34. The highest BCUT2D eigenvalue weighted by Gasteiger charge is 2.59. The zero-order valence-corrected chi connectivity index (χ0v) is 12.3. The Morgan fingerprint density at radius 1 is 1.14 bits per heavy atom. The van der Waals surface area contributed by atoms with E-state index in [1.165, 1.54) is 23.1 Å². The maximum atomic E-state index is 12.7. The van der Waals surface area contributed by atoms with E-state index < -0.39 is 5.91 Å². The molecular formula is C16H13ClN2O3. The fraction of sp³-hybridized carbons (Fsp3) is 0.312. The molecule has 0 radical (unpaired) electrons. The van der Waals surface area contributed by atoms with Gasteiger partial charge in [-0.25, -0.2) is 4.90 Å². The summed E-state index contributed by atoms with van der Waals surface area (Å²) in [6, 6.07) is 4.44. The van der Waals surface area contributed by atoms with Gasteiger partial charge in [0.2, 0.25) is 17.7 Å². The van der Waals surface area contributed by atoms with E-state index in [4.69, 9.17) is 17.3 Å². The second kappa shape index (κ2) is 4.43. The van der Waals surface area contributed by atoms with Gasteiger partial charge in [-0.1, -0.05) is 23.8 Å². The first-order valence-electron chi connectivity index (χ1n) is 7.14. The van der Waals surface area contributed by atoms with Crippen LogP contribution in [0.4, 0.5) is 5.69 Å². The van der Waals surface area contributed by atoms with Crippen LogP contribution in [-0.2, 0) is 9.59 Å². The third-order valence-corrected chi connectivity index (χ3v) is 5.26. The molecule has 2 fully saturated rings. The quantitative estimate of drug-likeness (QED) is 0.666. The topological polar surface area (TPSA) is 80.5 Å². The van der Waals surface area contributed by atoms with Crippen molar-refractivity contribution in [1.29, 1.82) is 0 Å². The Hall–Kier alpha value is -2.14. The van der Waals surface area contributed by atoms with Crippen LogP contribution in [0.25, 0.3) is 0 Å². The largest absolute Gasteiger partial charge is 0.366 e. The molecule has 2 aliphatic carbocycles. The predicted molar refractivity (Wildman–Crippen MR) is 80.2 cm³/mol. The number of amides is 3. The van der Waals surface area contributed by atoms with E-state index in [2.05, 4.69) is 0 Å². The van der Waals surface area contributed by atoms with Gasteiger partial charge in [-0.2, -0.15) is 0 Å². The number of nitrogens with zero attached hydrogens (tertiary/aromatic N) is 1. The third-order valence-electron chi connectivity index (χ3n) is 4.95. The molecule has 6 heteroatoms. The molecule has 22 heavy (non-hydrogen) atoms. The smallest absolute Gasteiger partial charge is 0.250 e.